The summed E-state index contributed by atoms with van der Waals surface area (Å²) in [5.41, 5.74) is 8.57. The van der Waals surface area contributed by atoms with Gasteiger partial charge in [-0.3, -0.25) is 10.4 Å². The normalized spacial score (nSPS) is 24.2. The van der Waals surface area contributed by atoms with E-state index < -0.39 is 11.8 Å². The summed E-state index contributed by atoms with van der Waals surface area (Å²) in [6.45, 7) is 6.70. The van der Waals surface area contributed by atoms with Gasteiger partial charge < -0.3 is 9.84 Å². The Morgan fingerprint density at radius 1 is 1.09 bits per heavy atom. The Morgan fingerprint density at radius 3 is 2.52 bits per heavy atom. The second kappa shape index (κ2) is 8.75. The predicted molar refractivity (Wildman–Crippen MR) is 132 cm³/mol. The van der Waals surface area contributed by atoms with Gasteiger partial charge in [0.05, 0.1) is 11.6 Å². The average Bonchev–Trinajstić information content (AvgIpc) is 2.81. The Hall–Kier alpha value is -2.99. The van der Waals surface area contributed by atoms with Crippen LogP contribution in [0.4, 0.5) is 0 Å². The number of hydrogen-bond acceptors (Lipinski definition) is 5. The van der Waals surface area contributed by atoms with Crippen molar-refractivity contribution in [2.45, 2.75) is 51.4 Å². The zero-order valence-corrected chi connectivity index (χ0v) is 19.5. The third-order valence-electron chi connectivity index (χ3n) is 6.56. The van der Waals surface area contributed by atoms with Gasteiger partial charge >= 0.3 is 0 Å². The molecule has 0 radical (unpaired) electrons. The smallest absolute Gasteiger partial charge is 0.145 e. The number of hydrazine groups is 1. The van der Waals surface area contributed by atoms with Crippen LogP contribution in [0.2, 0.25) is 0 Å². The second-order valence-corrected chi connectivity index (χ2v) is 9.44. The summed E-state index contributed by atoms with van der Waals surface area (Å²) in [7, 11) is 0. The van der Waals surface area contributed by atoms with Crippen molar-refractivity contribution in [3.63, 3.8) is 0 Å². The lowest BCUT2D eigenvalue weighted by Crippen LogP contribution is -2.64. The van der Waals surface area contributed by atoms with Crippen molar-refractivity contribution < 1.29 is 9.84 Å². The van der Waals surface area contributed by atoms with Gasteiger partial charge in [0.2, 0.25) is 0 Å². The third kappa shape index (κ3) is 4.32. The molecule has 2 aromatic rings. The molecule has 2 aromatic carbocycles. The van der Waals surface area contributed by atoms with Crippen molar-refractivity contribution in [1.82, 2.24) is 10.4 Å². The van der Waals surface area contributed by atoms with Crippen LogP contribution in [0.15, 0.2) is 94.9 Å². The highest BCUT2D eigenvalue weighted by Gasteiger charge is 2.44. The van der Waals surface area contributed by atoms with Crippen LogP contribution < -0.4 is 5.43 Å². The maximum atomic E-state index is 11.1. The number of aliphatic hydroxyl groups excluding tert-OH is 1. The minimum atomic E-state index is -0.746. The van der Waals surface area contributed by atoms with Gasteiger partial charge in [0.15, 0.2) is 0 Å². The van der Waals surface area contributed by atoms with Crippen molar-refractivity contribution in [3.05, 3.63) is 101 Å². The van der Waals surface area contributed by atoms with E-state index in [-0.39, 0.29) is 6.04 Å². The Balaban J connectivity index is 1.42. The summed E-state index contributed by atoms with van der Waals surface area (Å²) in [4.78, 5) is 4.97. The molecule has 0 saturated heterocycles. The van der Waals surface area contributed by atoms with Crippen LogP contribution in [0.5, 0.6) is 0 Å². The van der Waals surface area contributed by atoms with Gasteiger partial charge in [0, 0.05) is 29.8 Å². The standard InChI is InChI=1S/C28H31N3O2/c1-19-23(21-12-8-5-9-13-21)16-22-17-24-25(18-26(22)33-19)31(27(32)28(2,3)30-24)29-15-14-20-10-6-4-7-11-20/h4-13,16,18,25,27,29,32H,14-15,17H2,1-3H3. The van der Waals surface area contributed by atoms with E-state index in [2.05, 4.69) is 54.0 Å². The van der Waals surface area contributed by atoms with Gasteiger partial charge in [-0.1, -0.05) is 60.7 Å². The highest BCUT2D eigenvalue weighted by molar-refractivity contribution is 5.97. The molecule has 5 nitrogen and oxygen atoms in total. The molecule has 0 saturated carbocycles. The van der Waals surface area contributed by atoms with Crippen molar-refractivity contribution >= 4 is 11.3 Å². The quantitative estimate of drug-likeness (QED) is 0.710. The minimum absolute atomic E-state index is 0.151. The average molecular weight is 442 g/mol. The first-order valence-electron chi connectivity index (χ1n) is 11.6. The molecule has 5 rings (SSSR count). The number of aliphatic hydroxyl groups is 1. The van der Waals surface area contributed by atoms with Crippen molar-refractivity contribution in [2.75, 3.05) is 6.54 Å². The molecule has 0 bridgehead atoms. The van der Waals surface area contributed by atoms with Crippen LogP contribution in [-0.4, -0.2) is 40.2 Å². The summed E-state index contributed by atoms with van der Waals surface area (Å²) in [6.07, 6.45) is 5.15. The van der Waals surface area contributed by atoms with E-state index in [1.54, 1.807) is 0 Å². The van der Waals surface area contributed by atoms with Crippen LogP contribution in [0.1, 0.15) is 38.3 Å². The maximum Gasteiger partial charge on any atom is 0.145 e. The fraction of sp³-hybridized carbons (Fsp3) is 0.321. The Labute approximate surface area is 195 Å². The van der Waals surface area contributed by atoms with Crippen molar-refractivity contribution in [3.8, 4) is 0 Å². The topological polar surface area (TPSA) is 57.1 Å². The molecule has 2 N–H and O–H groups in total. The summed E-state index contributed by atoms with van der Waals surface area (Å²) >= 11 is 0. The summed E-state index contributed by atoms with van der Waals surface area (Å²) in [5.74, 6) is 1.75. The summed E-state index contributed by atoms with van der Waals surface area (Å²) < 4.78 is 6.30. The SMILES string of the molecule is CC1=C(c2ccccc2)C=C2CC3=NC(C)(C)C(O)N(NCCc4ccccc4)C3C=C2O1. The van der Waals surface area contributed by atoms with Gasteiger partial charge in [0.25, 0.3) is 0 Å². The predicted octanol–water partition coefficient (Wildman–Crippen LogP) is 4.63. The molecule has 1 aliphatic carbocycles. The van der Waals surface area contributed by atoms with E-state index in [0.29, 0.717) is 6.42 Å². The van der Waals surface area contributed by atoms with Crippen LogP contribution in [-0.2, 0) is 11.2 Å². The minimum Gasteiger partial charge on any atom is -0.461 e. The molecular weight excluding hydrogens is 410 g/mol. The lowest BCUT2D eigenvalue weighted by molar-refractivity contribution is -0.0832. The molecule has 2 aliphatic heterocycles. The number of allylic oxidation sites excluding steroid dienone is 4. The molecule has 5 heteroatoms. The molecule has 0 aromatic heterocycles. The van der Waals surface area contributed by atoms with Gasteiger partial charge in [0.1, 0.15) is 17.7 Å². The molecular formula is C28H31N3O2. The summed E-state index contributed by atoms with van der Waals surface area (Å²) in [5, 5.41) is 13.1. The number of nitrogens with one attached hydrogen (secondary N) is 1. The molecule has 2 unspecified atom stereocenters. The molecule has 0 amide bonds. The maximum absolute atomic E-state index is 11.1. The van der Waals surface area contributed by atoms with Crippen LogP contribution in [0, 0.1) is 0 Å². The number of aliphatic imine (C=N–C) groups is 1. The number of benzene rings is 2. The zero-order valence-electron chi connectivity index (χ0n) is 19.5. The Morgan fingerprint density at radius 2 is 1.79 bits per heavy atom. The highest BCUT2D eigenvalue weighted by atomic mass is 16.5. The van der Waals surface area contributed by atoms with Crippen LogP contribution in [0.3, 0.4) is 0 Å². The molecule has 33 heavy (non-hydrogen) atoms. The van der Waals surface area contributed by atoms with E-state index in [9.17, 15) is 5.11 Å². The Kier molecular flexibility index (Phi) is 5.79. The van der Waals surface area contributed by atoms with E-state index >= 15 is 0 Å². The largest absolute Gasteiger partial charge is 0.461 e. The Bertz CT molecular complexity index is 1150. The number of ether oxygens (including phenoxy) is 1. The van der Waals surface area contributed by atoms with E-state index in [4.69, 9.17) is 9.73 Å². The molecule has 3 aliphatic rings. The first-order chi connectivity index (χ1) is 15.9. The summed E-state index contributed by atoms with van der Waals surface area (Å²) in [6, 6.07) is 20.6. The number of hydrogen-bond donors (Lipinski definition) is 2. The second-order valence-electron chi connectivity index (χ2n) is 9.44. The lowest BCUT2D eigenvalue weighted by Gasteiger charge is -2.47. The monoisotopic (exact) mass is 441 g/mol. The van der Waals surface area contributed by atoms with Gasteiger partial charge in [-0.2, -0.15) is 0 Å². The fourth-order valence-electron chi connectivity index (χ4n) is 4.78. The first-order valence-corrected chi connectivity index (χ1v) is 11.6. The lowest BCUT2D eigenvalue weighted by atomic mass is 9.86. The van der Waals surface area contributed by atoms with Gasteiger partial charge in [-0.05, 0) is 50.5 Å². The number of rotatable bonds is 5. The van der Waals surface area contributed by atoms with Gasteiger partial charge in [-0.15, -0.1) is 0 Å². The molecule has 0 spiro atoms. The molecule has 2 atom stereocenters. The number of fused-ring (bicyclic) bond motifs is 2. The third-order valence-corrected chi connectivity index (χ3v) is 6.56. The molecule has 0 fully saturated rings. The van der Waals surface area contributed by atoms with Crippen LogP contribution >= 0.6 is 0 Å². The van der Waals surface area contributed by atoms with Crippen molar-refractivity contribution in [1.29, 1.82) is 0 Å². The van der Waals surface area contributed by atoms with Crippen molar-refractivity contribution in [2.24, 2.45) is 4.99 Å². The van der Waals surface area contributed by atoms with E-state index in [1.807, 2.05) is 50.0 Å². The first kappa shape index (κ1) is 21.8. The van der Waals surface area contributed by atoms with E-state index in [0.717, 1.165) is 46.9 Å². The van der Waals surface area contributed by atoms with E-state index in [1.165, 1.54) is 5.56 Å². The zero-order chi connectivity index (χ0) is 23.0. The highest BCUT2D eigenvalue weighted by Crippen LogP contribution is 2.39. The molecule has 170 valence electrons. The fourth-order valence-corrected chi connectivity index (χ4v) is 4.78. The van der Waals surface area contributed by atoms with Crippen LogP contribution in [0.25, 0.3) is 5.57 Å². The number of nitrogens with zero attached hydrogens (tertiary/aromatic N) is 2. The van der Waals surface area contributed by atoms with Gasteiger partial charge in [-0.25, -0.2) is 5.01 Å². The molecule has 2 heterocycles.